The molecule has 166 valence electrons. The fourth-order valence-corrected chi connectivity index (χ4v) is 3.67. The number of carbonyl (C=O) groups excluding carboxylic acids is 3. The summed E-state index contributed by atoms with van der Waals surface area (Å²) >= 11 is 1.12. The molecule has 1 atom stereocenters. The zero-order valence-electron chi connectivity index (χ0n) is 17.5. The van der Waals surface area contributed by atoms with Gasteiger partial charge in [-0.2, -0.15) is 5.10 Å². The van der Waals surface area contributed by atoms with Crippen molar-refractivity contribution in [1.82, 2.24) is 5.32 Å². The standard InChI is InChI=1S/C22H22N4O5S/c1-3-31-17-10-8-16(9-11-17)24-20(28)18-12-19(27)25-22(32-18)26-23-13-14-4-6-15(7-5-14)21(29)30-2/h4-11,13,18H,3,12H2,1-2H3,(H,24,28)(H,25,26,27)/b23-13-/t18-/m1/s1. The number of hydrogen-bond acceptors (Lipinski definition) is 8. The lowest BCUT2D eigenvalue weighted by Crippen LogP contribution is -2.41. The first-order valence-electron chi connectivity index (χ1n) is 9.78. The van der Waals surface area contributed by atoms with E-state index in [1.807, 2.05) is 6.92 Å². The Morgan fingerprint density at radius 3 is 2.56 bits per heavy atom. The minimum Gasteiger partial charge on any atom is -0.494 e. The van der Waals surface area contributed by atoms with Crippen LogP contribution in [0.5, 0.6) is 5.75 Å². The number of methoxy groups -OCH3 is 1. The molecule has 2 aromatic rings. The summed E-state index contributed by atoms with van der Waals surface area (Å²) in [5, 5.41) is 13.0. The number of nitrogens with zero attached hydrogens (tertiary/aromatic N) is 2. The molecule has 0 aliphatic carbocycles. The second-order valence-corrected chi connectivity index (χ2v) is 7.76. The summed E-state index contributed by atoms with van der Waals surface area (Å²) < 4.78 is 10.0. The van der Waals surface area contributed by atoms with Crippen LogP contribution in [0.1, 0.15) is 29.3 Å². The Balaban J connectivity index is 1.60. The van der Waals surface area contributed by atoms with Crippen LogP contribution in [-0.2, 0) is 14.3 Å². The van der Waals surface area contributed by atoms with Gasteiger partial charge in [-0.1, -0.05) is 23.9 Å². The number of anilines is 1. The number of benzene rings is 2. The molecule has 1 heterocycles. The smallest absolute Gasteiger partial charge is 0.337 e. The molecule has 0 aromatic heterocycles. The highest BCUT2D eigenvalue weighted by Crippen LogP contribution is 2.23. The van der Waals surface area contributed by atoms with Crippen molar-refractivity contribution in [3.8, 4) is 5.75 Å². The molecule has 1 aliphatic rings. The number of ether oxygens (including phenoxy) is 2. The highest BCUT2D eigenvalue weighted by molar-refractivity contribution is 8.15. The first-order valence-corrected chi connectivity index (χ1v) is 10.7. The number of nitrogens with one attached hydrogen (secondary N) is 2. The second kappa shape index (κ2) is 11.1. The minimum absolute atomic E-state index is 0.0330. The number of rotatable bonds is 7. The van der Waals surface area contributed by atoms with Crippen LogP contribution < -0.4 is 15.4 Å². The van der Waals surface area contributed by atoms with Crippen LogP contribution in [-0.4, -0.2) is 48.1 Å². The Morgan fingerprint density at radius 1 is 1.19 bits per heavy atom. The van der Waals surface area contributed by atoms with Gasteiger partial charge in [-0.15, -0.1) is 5.10 Å². The van der Waals surface area contributed by atoms with Crippen molar-refractivity contribution in [3.63, 3.8) is 0 Å². The zero-order valence-corrected chi connectivity index (χ0v) is 18.3. The summed E-state index contributed by atoms with van der Waals surface area (Å²) in [5.41, 5.74) is 1.74. The summed E-state index contributed by atoms with van der Waals surface area (Å²) in [6.45, 7) is 2.45. The van der Waals surface area contributed by atoms with Gasteiger partial charge in [0.1, 0.15) is 11.0 Å². The summed E-state index contributed by atoms with van der Waals surface area (Å²) in [6.07, 6.45) is 1.51. The second-order valence-electron chi connectivity index (χ2n) is 6.57. The number of hydrogen-bond donors (Lipinski definition) is 2. The average molecular weight is 455 g/mol. The average Bonchev–Trinajstić information content (AvgIpc) is 2.80. The zero-order chi connectivity index (χ0) is 22.9. The van der Waals surface area contributed by atoms with E-state index in [0.717, 1.165) is 11.8 Å². The molecule has 0 bridgehead atoms. The minimum atomic E-state index is -0.636. The normalized spacial score (nSPS) is 17.1. The van der Waals surface area contributed by atoms with Crippen LogP contribution in [0.3, 0.4) is 0 Å². The molecule has 3 rings (SSSR count). The first kappa shape index (κ1) is 23.0. The Labute approximate surface area is 189 Å². The lowest BCUT2D eigenvalue weighted by molar-refractivity contribution is -0.123. The molecule has 2 N–H and O–H groups in total. The molecule has 0 spiro atoms. The van der Waals surface area contributed by atoms with E-state index >= 15 is 0 Å². The van der Waals surface area contributed by atoms with Crippen molar-refractivity contribution in [2.75, 3.05) is 19.0 Å². The fourth-order valence-electron chi connectivity index (χ4n) is 2.73. The molecule has 9 nitrogen and oxygen atoms in total. The van der Waals surface area contributed by atoms with E-state index in [9.17, 15) is 14.4 Å². The number of amidine groups is 1. The summed E-state index contributed by atoms with van der Waals surface area (Å²) in [7, 11) is 1.32. The van der Waals surface area contributed by atoms with Crippen LogP contribution in [0.15, 0.2) is 58.7 Å². The van der Waals surface area contributed by atoms with Gasteiger partial charge in [-0.25, -0.2) is 4.79 Å². The fraction of sp³-hybridized carbons (Fsp3) is 0.227. The van der Waals surface area contributed by atoms with E-state index in [1.165, 1.54) is 13.3 Å². The van der Waals surface area contributed by atoms with Gasteiger partial charge in [0, 0.05) is 12.1 Å². The molecular formula is C22H22N4O5S. The first-order chi connectivity index (χ1) is 15.5. The van der Waals surface area contributed by atoms with Crippen LogP contribution in [0.25, 0.3) is 0 Å². The molecule has 2 aromatic carbocycles. The number of thioether (sulfide) groups is 1. The third-order valence-electron chi connectivity index (χ3n) is 4.28. The Kier molecular flexibility index (Phi) is 7.98. The van der Waals surface area contributed by atoms with Gasteiger partial charge < -0.3 is 20.1 Å². The van der Waals surface area contributed by atoms with Crippen LogP contribution in [0.2, 0.25) is 0 Å². The maximum Gasteiger partial charge on any atom is 0.337 e. The van der Waals surface area contributed by atoms with Crippen molar-refractivity contribution < 1.29 is 23.9 Å². The van der Waals surface area contributed by atoms with Crippen LogP contribution >= 0.6 is 11.8 Å². The molecular weight excluding hydrogens is 432 g/mol. The Hall–Kier alpha value is -3.66. The van der Waals surface area contributed by atoms with Gasteiger partial charge in [0.15, 0.2) is 5.17 Å². The monoisotopic (exact) mass is 454 g/mol. The van der Waals surface area contributed by atoms with E-state index < -0.39 is 11.2 Å². The van der Waals surface area contributed by atoms with E-state index in [1.54, 1.807) is 48.5 Å². The van der Waals surface area contributed by atoms with Crippen LogP contribution in [0.4, 0.5) is 5.69 Å². The molecule has 32 heavy (non-hydrogen) atoms. The summed E-state index contributed by atoms with van der Waals surface area (Å²) in [5.74, 6) is -0.329. The largest absolute Gasteiger partial charge is 0.494 e. The third kappa shape index (κ3) is 6.42. The van der Waals surface area contributed by atoms with E-state index in [0.29, 0.717) is 29.2 Å². The number of amides is 2. The highest BCUT2D eigenvalue weighted by atomic mass is 32.2. The molecule has 1 fully saturated rings. The molecule has 1 aliphatic heterocycles. The lowest BCUT2D eigenvalue weighted by Gasteiger charge is -2.21. The van der Waals surface area contributed by atoms with E-state index in [-0.39, 0.29) is 23.4 Å². The third-order valence-corrected chi connectivity index (χ3v) is 5.36. The molecule has 10 heteroatoms. The topological polar surface area (TPSA) is 118 Å². The predicted molar refractivity (Wildman–Crippen MR) is 123 cm³/mol. The van der Waals surface area contributed by atoms with Gasteiger partial charge in [0.2, 0.25) is 11.8 Å². The van der Waals surface area contributed by atoms with Crippen molar-refractivity contribution >= 4 is 46.6 Å². The van der Waals surface area contributed by atoms with Crippen molar-refractivity contribution in [1.29, 1.82) is 0 Å². The number of carbonyl (C=O) groups is 3. The van der Waals surface area contributed by atoms with Crippen molar-refractivity contribution in [3.05, 3.63) is 59.7 Å². The molecule has 2 amide bonds. The van der Waals surface area contributed by atoms with E-state index in [4.69, 9.17) is 4.74 Å². The van der Waals surface area contributed by atoms with Crippen molar-refractivity contribution in [2.24, 2.45) is 10.2 Å². The summed E-state index contributed by atoms with van der Waals surface area (Å²) in [4.78, 5) is 36.1. The SMILES string of the molecule is CCOc1ccc(NC(=O)[C@H]2CC(=O)NC(=N/N=C\c3ccc(C(=O)OC)cc3)S2)cc1. The molecule has 0 unspecified atom stereocenters. The predicted octanol–water partition coefficient (Wildman–Crippen LogP) is 2.82. The van der Waals surface area contributed by atoms with Gasteiger partial charge in [-0.05, 0) is 48.9 Å². The van der Waals surface area contributed by atoms with Gasteiger partial charge in [0.05, 0.1) is 25.5 Å². The molecule has 0 saturated carbocycles. The van der Waals surface area contributed by atoms with Crippen LogP contribution in [0, 0.1) is 0 Å². The van der Waals surface area contributed by atoms with Gasteiger partial charge in [-0.3, -0.25) is 9.59 Å². The van der Waals surface area contributed by atoms with Gasteiger partial charge in [0.25, 0.3) is 0 Å². The number of esters is 1. The van der Waals surface area contributed by atoms with Crippen molar-refractivity contribution in [2.45, 2.75) is 18.6 Å². The Morgan fingerprint density at radius 2 is 1.91 bits per heavy atom. The van der Waals surface area contributed by atoms with E-state index in [2.05, 4.69) is 25.6 Å². The molecule has 0 radical (unpaired) electrons. The maximum absolute atomic E-state index is 12.6. The lowest BCUT2D eigenvalue weighted by atomic mass is 10.1. The Bertz CT molecular complexity index is 1040. The van der Waals surface area contributed by atoms with Gasteiger partial charge >= 0.3 is 5.97 Å². The summed E-state index contributed by atoms with van der Waals surface area (Å²) in [6, 6.07) is 13.6. The highest BCUT2D eigenvalue weighted by Gasteiger charge is 2.30. The quantitative estimate of drug-likeness (QED) is 0.377. The molecule has 1 saturated heterocycles. The maximum atomic E-state index is 12.6.